The summed E-state index contributed by atoms with van der Waals surface area (Å²) in [7, 11) is 4.16. The fourth-order valence-corrected chi connectivity index (χ4v) is 2.59. The highest BCUT2D eigenvalue weighted by molar-refractivity contribution is 5.89. The zero-order valence-corrected chi connectivity index (χ0v) is 12.3. The molecule has 0 aliphatic carbocycles. The Kier molecular flexibility index (Phi) is 3.69. The molecule has 21 heavy (non-hydrogen) atoms. The lowest BCUT2D eigenvalue weighted by atomic mass is 9.98. The minimum atomic E-state index is 1.15. The second-order valence-corrected chi connectivity index (χ2v) is 5.21. The highest BCUT2D eigenvalue weighted by atomic mass is 15.1. The SMILES string of the molecule is CN(C)c1c(-c2ccccc2)cncc1-c1ccccc1. The van der Waals surface area contributed by atoms with E-state index in [0.29, 0.717) is 0 Å². The van der Waals surface area contributed by atoms with Gasteiger partial charge in [0, 0.05) is 37.6 Å². The van der Waals surface area contributed by atoms with E-state index in [-0.39, 0.29) is 0 Å². The highest BCUT2D eigenvalue weighted by Gasteiger charge is 2.13. The Morgan fingerprint density at radius 3 is 1.48 bits per heavy atom. The van der Waals surface area contributed by atoms with E-state index in [1.807, 2.05) is 24.5 Å². The Balaban J connectivity index is 2.24. The molecule has 0 spiro atoms. The lowest BCUT2D eigenvalue weighted by Crippen LogP contribution is -2.12. The van der Waals surface area contributed by atoms with Crippen LogP contribution in [0.25, 0.3) is 22.3 Å². The van der Waals surface area contributed by atoms with Crippen LogP contribution in [-0.2, 0) is 0 Å². The normalized spacial score (nSPS) is 10.4. The second-order valence-electron chi connectivity index (χ2n) is 5.21. The molecule has 2 aromatic carbocycles. The number of pyridine rings is 1. The Labute approximate surface area is 125 Å². The van der Waals surface area contributed by atoms with Crippen molar-refractivity contribution in [3.05, 3.63) is 73.1 Å². The van der Waals surface area contributed by atoms with E-state index in [1.54, 1.807) is 0 Å². The molecule has 0 radical (unpaired) electrons. The molecule has 1 heterocycles. The van der Waals surface area contributed by atoms with Crippen LogP contribution in [0.1, 0.15) is 0 Å². The Bertz CT molecular complexity index is 661. The van der Waals surface area contributed by atoms with Gasteiger partial charge in [0.1, 0.15) is 0 Å². The maximum absolute atomic E-state index is 4.45. The molecule has 0 saturated heterocycles. The monoisotopic (exact) mass is 274 g/mol. The highest BCUT2D eigenvalue weighted by Crippen LogP contribution is 2.37. The molecule has 2 nitrogen and oxygen atoms in total. The van der Waals surface area contributed by atoms with Crippen molar-refractivity contribution in [3.8, 4) is 22.3 Å². The van der Waals surface area contributed by atoms with Crippen LogP contribution < -0.4 is 4.90 Å². The van der Waals surface area contributed by atoms with Crippen LogP contribution in [0.3, 0.4) is 0 Å². The summed E-state index contributed by atoms with van der Waals surface area (Å²) in [4.78, 5) is 6.61. The number of aromatic nitrogens is 1. The quantitative estimate of drug-likeness (QED) is 0.700. The van der Waals surface area contributed by atoms with Gasteiger partial charge in [-0.05, 0) is 11.1 Å². The maximum Gasteiger partial charge on any atom is 0.0551 e. The Morgan fingerprint density at radius 2 is 1.10 bits per heavy atom. The molecule has 3 rings (SSSR count). The summed E-state index contributed by atoms with van der Waals surface area (Å²) in [6, 6.07) is 20.8. The van der Waals surface area contributed by atoms with Crippen LogP contribution in [0.4, 0.5) is 5.69 Å². The fourth-order valence-electron chi connectivity index (χ4n) is 2.59. The Morgan fingerprint density at radius 1 is 0.667 bits per heavy atom. The van der Waals surface area contributed by atoms with Gasteiger partial charge in [0.25, 0.3) is 0 Å². The first-order valence-corrected chi connectivity index (χ1v) is 7.03. The van der Waals surface area contributed by atoms with Gasteiger partial charge >= 0.3 is 0 Å². The second kappa shape index (κ2) is 5.80. The predicted octanol–water partition coefficient (Wildman–Crippen LogP) is 4.48. The van der Waals surface area contributed by atoms with Crippen LogP contribution >= 0.6 is 0 Å². The minimum absolute atomic E-state index is 1.15. The molecule has 104 valence electrons. The average molecular weight is 274 g/mol. The molecule has 1 aromatic heterocycles. The van der Waals surface area contributed by atoms with Crippen molar-refractivity contribution in [2.24, 2.45) is 0 Å². The molecule has 0 unspecified atom stereocenters. The number of nitrogens with zero attached hydrogens (tertiary/aromatic N) is 2. The summed E-state index contributed by atoms with van der Waals surface area (Å²) in [5, 5.41) is 0. The van der Waals surface area contributed by atoms with Gasteiger partial charge in [-0.1, -0.05) is 60.7 Å². The topological polar surface area (TPSA) is 16.1 Å². The van der Waals surface area contributed by atoms with Crippen LogP contribution in [0.5, 0.6) is 0 Å². The van der Waals surface area contributed by atoms with Crippen LogP contribution in [0.2, 0.25) is 0 Å². The number of hydrogen-bond donors (Lipinski definition) is 0. The molecule has 0 aliphatic rings. The van der Waals surface area contributed by atoms with Gasteiger partial charge in [-0.15, -0.1) is 0 Å². The van der Waals surface area contributed by atoms with Crippen molar-refractivity contribution in [2.75, 3.05) is 19.0 Å². The molecule has 0 bridgehead atoms. The molecule has 0 aliphatic heterocycles. The molecule has 2 heteroatoms. The zero-order chi connectivity index (χ0) is 14.7. The largest absolute Gasteiger partial charge is 0.377 e. The first-order valence-electron chi connectivity index (χ1n) is 7.03. The molecule has 0 fully saturated rings. The summed E-state index contributed by atoms with van der Waals surface area (Å²) in [6.45, 7) is 0. The van der Waals surface area contributed by atoms with E-state index >= 15 is 0 Å². The van der Waals surface area contributed by atoms with Gasteiger partial charge in [-0.2, -0.15) is 0 Å². The number of benzene rings is 2. The van der Waals surface area contributed by atoms with Gasteiger partial charge in [0.05, 0.1) is 5.69 Å². The molecular weight excluding hydrogens is 256 g/mol. The summed E-state index contributed by atoms with van der Waals surface area (Å²) in [6.07, 6.45) is 3.88. The number of rotatable bonds is 3. The summed E-state index contributed by atoms with van der Waals surface area (Å²) >= 11 is 0. The average Bonchev–Trinajstić information content (AvgIpc) is 2.55. The first-order chi connectivity index (χ1) is 10.3. The van der Waals surface area contributed by atoms with E-state index in [1.165, 1.54) is 16.8 Å². The van der Waals surface area contributed by atoms with Crippen LogP contribution in [-0.4, -0.2) is 19.1 Å². The summed E-state index contributed by atoms with van der Waals surface area (Å²) in [5.41, 5.74) is 5.88. The Hall–Kier alpha value is -2.61. The standard InChI is InChI=1S/C19H18N2/c1-21(2)19-17(15-9-5-3-6-10-15)13-20-14-18(19)16-11-7-4-8-12-16/h3-14H,1-2H3. The lowest BCUT2D eigenvalue weighted by Gasteiger charge is -2.21. The summed E-state index contributed by atoms with van der Waals surface area (Å²) < 4.78 is 0. The van der Waals surface area contributed by atoms with Crippen molar-refractivity contribution in [3.63, 3.8) is 0 Å². The van der Waals surface area contributed by atoms with Crippen molar-refractivity contribution in [2.45, 2.75) is 0 Å². The molecule has 3 aromatic rings. The molecule has 0 N–H and O–H groups in total. The minimum Gasteiger partial charge on any atom is -0.377 e. The van der Waals surface area contributed by atoms with Gasteiger partial charge in [-0.3, -0.25) is 4.98 Å². The summed E-state index contributed by atoms with van der Waals surface area (Å²) in [5.74, 6) is 0. The maximum atomic E-state index is 4.45. The van der Waals surface area contributed by atoms with E-state index in [9.17, 15) is 0 Å². The molecule has 0 amide bonds. The van der Waals surface area contributed by atoms with E-state index < -0.39 is 0 Å². The van der Waals surface area contributed by atoms with E-state index in [2.05, 4.69) is 72.5 Å². The third kappa shape index (κ3) is 2.65. The predicted molar refractivity (Wildman–Crippen MR) is 89.4 cm³/mol. The van der Waals surface area contributed by atoms with Gasteiger partial charge in [0.2, 0.25) is 0 Å². The van der Waals surface area contributed by atoms with E-state index in [0.717, 1.165) is 11.1 Å². The molecule has 0 saturated carbocycles. The lowest BCUT2D eigenvalue weighted by molar-refractivity contribution is 1.12. The van der Waals surface area contributed by atoms with Gasteiger partial charge in [-0.25, -0.2) is 0 Å². The smallest absolute Gasteiger partial charge is 0.0551 e. The zero-order valence-electron chi connectivity index (χ0n) is 12.3. The van der Waals surface area contributed by atoms with Crippen molar-refractivity contribution >= 4 is 5.69 Å². The molecule has 0 atom stereocenters. The van der Waals surface area contributed by atoms with E-state index in [4.69, 9.17) is 0 Å². The first kappa shape index (κ1) is 13.4. The third-order valence-corrected chi connectivity index (χ3v) is 3.53. The van der Waals surface area contributed by atoms with Crippen LogP contribution in [0, 0.1) is 0 Å². The van der Waals surface area contributed by atoms with Crippen LogP contribution in [0.15, 0.2) is 73.1 Å². The third-order valence-electron chi connectivity index (χ3n) is 3.53. The van der Waals surface area contributed by atoms with Crippen molar-refractivity contribution in [1.29, 1.82) is 0 Å². The van der Waals surface area contributed by atoms with Gasteiger partial charge < -0.3 is 4.90 Å². The fraction of sp³-hybridized carbons (Fsp3) is 0.105. The molecular formula is C19H18N2. The van der Waals surface area contributed by atoms with Crippen molar-refractivity contribution in [1.82, 2.24) is 4.98 Å². The number of hydrogen-bond acceptors (Lipinski definition) is 2. The van der Waals surface area contributed by atoms with Gasteiger partial charge in [0.15, 0.2) is 0 Å². The number of anilines is 1. The van der Waals surface area contributed by atoms with Crippen molar-refractivity contribution < 1.29 is 0 Å².